The van der Waals surface area contributed by atoms with Crippen LogP contribution in [0.25, 0.3) is 11.0 Å². The van der Waals surface area contributed by atoms with Crippen LogP contribution in [0.1, 0.15) is 28.4 Å². The number of hydrogen-bond donors (Lipinski definition) is 0. The van der Waals surface area contributed by atoms with E-state index >= 15 is 0 Å². The third-order valence-electron chi connectivity index (χ3n) is 4.48. The first-order chi connectivity index (χ1) is 12.3. The average molecular weight is 326 g/mol. The van der Waals surface area contributed by atoms with Gasteiger partial charge in [0.2, 0.25) is 0 Å². The SMILES string of the molecule is O=C(C[C@@H](c1ccccc1)n1cnc2ccccc21)c1ccccc1. The predicted molar refractivity (Wildman–Crippen MR) is 99.7 cm³/mol. The summed E-state index contributed by atoms with van der Waals surface area (Å²) >= 11 is 0. The summed E-state index contributed by atoms with van der Waals surface area (Å²) < 4.78 is 2.10. The highest BCUT2D eigenvalue weighted by Crippen LogP contribution is 2.27. The van der Waals surface area contributed by atoms with E-state index in [2.05, 4.69) is 21.7 Å². The normalized spacial score (nSPS) is 12.2. The second-order valence-electron chi connectivity index (χ2n) is 6.06. The van der Waals surface area contributed by atoms with Crippen molar-refractivity contribution in [3.05, 3.63) is 102 Å². The Bertz CT molecular complexity index is 990. The molecule has 0 aliphatic rings. The van der Waals surface area contributed by atoms with Crippen molar-refractivity contribution >= 4 is 16.8 Å². The van der Waals surface area contributed by atoms with Gasteiger partial charge in [0, 0.05) is 12.0 Å². The second kappa shape index (κ2) is 6.73. The topological polar surface area (TPSA) is 34.9 Å². The first-order valence-electron chi connectivity index (χ1n) is 8.38. The van der Waals surface area contributed by atoms with E-state index in [1.807, 2.05) is 79.1 Å². The first kappa shape index (κ1) is 15.3. The summed E-state index contributed by atoms with van der Waals surface area (Å²) in [7, 11) is 0. The van der Waals surface area contributed by atoms with Gasteiger partial charge >= 0.3 is 0 Å². The number of Topliss-reactive ketones (excluding diaryl/α,β-unsaturated/α-hetero) is 1. The zero-order valence-corrected chi connectivity index (χ0v) is 13.7. The summed E-state index contributed by atoms with van der Waals surface area (Å²) in [5.41, 5.74) is 3.83. The largest absolute Gasteiger partial charge is 0.322 e. The van der Waals surface area contributed by atoms with E-state index in [9.17, 15) is 4.79 Å². The van der Waals surface area contributed by atoms with Crippen molar-refractivity contribution in [2.45, 2.75) is 12.5 Å². The van der Waals surface area contributed by atoms with E-state index in [-0.39, 0.29) is 11.8 Å². The van der Waals surface area contributed by atoms with E-state index in [0.29, 0.717) is 6.42 Å². The highest BCUT2D eigenvalue weighted by Gasteiger charge is 2.20. The van der Waals surface area contributed by atoms with Crippen molar-refractivity contribution in [1.29, 1.82) is 0 Å². The van der Waals surface area contributed by atoms with Gasteiger partial charge in [0.05, 0.1) is 23.4 Å². The second-order valence-corrected chi connectivity index (χ2v) is 6.06. The zero-order chi connectivity index (χ0) is 17.1. The molecule has 1 aromatic heterocycles. The van der Waals surface area contributed by atoms with Crippen LogP contribution in [-0.4, -0.2) is 15.3 Å². The van der Waals surface area contributed by atoms with E-state index in [1.54, 1.807) is 0 Å². The fraction of sp³-hybridized carbons (Fsp3) is 0.0909. The Kier molecular flexibility index (Phi) is 4.13. The number of aromatic nitrogens is 2. The molecule has 3 aromatic carbocycles. The molecule has 1 atom stereocenters. The zero-order valence-electron chi connectivity index (χ0n) is 13.7. The molecule has 0 aliphatic carbocycles. The monoisotopic (exact) mass is 326 g/mol. The molecule has 0 spiro atoms. The quantitative estimate of drug-likeness (QED) is 0.489. The first-order valence-corrected chi connectivity index (χ1v) is 8.38. The molecular weight excluding hydrogens is 308 g/mol. The van der Waals surface area contributed by atoms with Crippen molar-refractivity contribution < 1.29 is 4.79 Å². The van der Waals surface area contributed by atoms with E-state index < -0.39 is 0 Å². The Morgan fingerprint density at radius 1 is 0.840 bits per heavy atom. The number of para-hydroxylation sites is 2. The Morgan fingerprint density at radius 2 is 1.48 bits per heavy atom. The van der Waals surface area contributed by atoms with Crippen molar-refractivity contribution in [1.82, 2.24) is 9.55 Å². The molecular formula is C22H18N2O. The molecule has 0 radical (unpaired) electrons. The molecule has 122 valence electrons. The number of carbonyl (C=O) groups is 1. The van der Waals surface area contributed by atoms with Gasteiger partial charge in [-0.3, -0.25) is 4.79 Å². The predicted octanol–water partition coefficient (Wildman–Crippen LogP) is 4.90. The summed E-state index contributed by atoms with van der Waals surface area (Å²) in [6.45, 7) is 0. The van der Waals surface area contributed by atoms with Crippen LogP contribution in [0, 0.1) is 0 Å². The molecule has 0 N–H and O–H groups in total. The van der Waals surface area contributed by atoms with Gasteiger partial charge in [0.15, 0.2) is 5.78 Å². The molecule has 0 saturated carbocycles. The van der Waals surface area contributed by atoms with Crippen LogP contribution in [0.5, 0.6) is 0 Å². The number of rotatable bonds is 5. The molecule has 0 aliphatic heterocycles. The molecule has 0 fully saturated rings. The lowest BCUT2D eigenvalue weighted by molar-refractivity contribution is 0.0970. The number of ketones is 1. The van der Waals surface area contributed by atoms with Crippen LogP contribution < -0.4 is 0 Å². The number of fused-ring (bicyclic) bond motifs is 1. The molecule has 4 rings (SSSR count). The van der Waals surface area contributed by atoms with Gasteiger partial charge in [-0.25, -0.2) is 4.98 Å². The summed E-state index contributed by atoms with van der Waals surface area (Å²) in [5.74, 6) is 0.132. The minimum Gasteiger partial charge on any atom is -0.322 e. The van der Waals surface area contributed by atoms with Gasteiger partial charge < -0.3 is 4.57 Å². The van der Waals surface area contributed by atoms with Crippen LogP contribution in [-0.2, 0) is 0 Å². The van der Waals surface area contributed by atoms with Gasteiger partial charge in [-0.1, -0.05) is 72.8 Å². The molecule has 4 aromatic rings. The lowest BCUT2D eigenvalue weighted by Gasteiger charge is -2.19. The number of hydrogen-bond acceptors (Lipinski definition) is 2. The van der Waals surface area contributed by atoms with Crippen molar-refractivity contribution in [3.8, 4) is 0 Å². The fourth-order valence-corrected chi connectivity index (χ4v) is 3.20. The highest BCUT2D eigenvalue weighted by atomic mass is 16.1. The van der Waals surface area contributed by atoms with Crippen molar-refractivity contribution in [2.75, 3.05) is 0 Å². The number of nitrogens with zero attached hydrogens (tertiary/aromatic N) is 2. The van der Waals surface area contributed by atoms with Crippen molar-refractivity contribution in [2.24, 2.45) is 0 Å². The van der Waals surface area contributed by atoms with Crippen LogP contribution in [0.3, 0.4) is 0 Å². The summed E-state index contributed by atoms with van der Waals surface area (Å²) in [5, 5.41) is 0. The Hall–Kier alpha value is -3.20. The minimum absolute atomic E-state index is 0.0821. The lowest BCUT2D eigenvalue weighted by atomic mass is 9.97. The van der Waals surface area contributed by atoms with E-state index in [1.165, 1.54) is 0 Å². The number of carbonyl (C=O) groups excluding carboxylic acids is 1. The van der Waals surface area contributed by atoms with Crippen LogP contribution >= 0.6 is 0 Å². The maximum atomic E-state index is 12.8. The molecule has 0 unspecified atom stereocenters. The molecule has 3 nitrogen and oxygen atoms in total. The van der Waals surface area contributed by atoms with E-state index in [0.717, 1.165) is 22.2 Å². The minimum atomic E-state index is -0.0821. The Labute approximate surface area is 146 Å². The maximum absolute atomic E-state index is 12.8. The lowest BCUT2D eigenvalue weighted by Crippen LogP contribution is -2.15. The highest BCUT2D eigenvalue weighted by molar-refractivity contribution is 5.96. The number of benzene rings is 3. The smallest absolute Gasteiger partial charge is 0.165 e. The van der Waals surface area contributed by atoms with Crippen LogP contribution in [0.4, 0.5) is 0 Å². The summed E-state index contributed by atoms with van der Waals surface area (Å²) in [6, 6.07) is 27.5. The fourth-order valence-electron chi connectivity index (χ4n) is 3.20. The van der Waals surface area contributed by atoms with Crippen molar-refractivity contribution in [3.63, 3.8) is 0 Å². The summed E-state index contributed by atoms with van der Waals surface area (Å²) in [6.07, 6.45) is 2.23. The van der Waals surface area contributed by atoms with E-state index in [4.69, 9.17) is 0 Å². The van der Waals surface area contributed by atoms with Gasteiger partial charge in [-0.05, 0) is 17.7 Å². The average Bonchev–Trinajstić information content (AvgIpc) is 3.11. The van der Waals surface area contributed by atoms with Gasteiger partial charge in [-0.15, -0.1) is 0 Å². The number of imidazole rings is 1. The van der Waals surface area contributed by atoms with Gasteiger partial charge in [0.1, 0.15) is 0 Å². The molecule has 0 saturated heterocycles. The summed E-state index contributed by atoms with van der Waals surface area (Å²) in [4.78, 5) is 17.3. The van der Waals surface area contributed by atoms with Crippen LogP contribution in [0.2, 0.25) is 0 Å². The third kappa shape index (κ3) is 3.09. The Balaban J connectivity index is 1.76. The third-order valence-corrected chi connectivity index (χ3v) is 4.48. The standard InChI is InChI=1S/C22H18N2O/c25-22(18-11-5-2-6-12-18)15-21(17-9-3-1-4-10-17)24-16-23-19-13-7-8-14-20(19)24/h1-14,16,21H,15H2/t21-/m0/s1. The Morgan fingerprint density at radius 3 is 2.24 bits per heavy atom. The van der Waals surface area contributed by atoms with Crippen LogP contribution in [0.15, 0.2) is 91.3 Å². The molecule has 0 bridgehead atoms. The molecule has 3 heteroatoms. The molecule has 0 amide bonds. The van der Waals surface area contributed by atoms with Gasteiger partial charge in [0.25, 0.3) is 0 Å². The molecule has 1 heterocycles. The van der Waals surface area contributed by atoms with Gasteiger partial charge in [-0.2, -0.15) is 0 Å². The maximum Gasteiger partial charge on any atom is 0.165 e. The molecule has 25 heavy (non-hydrogen) atoms.